The van der Waals surface area contributed by atoms with Crippen molar-refractivity contribution >= 4 is 12.2 Å². The number of nitrogens with zero attached hydrogens (tertiary/aromatic N) is 6. The molecule has 10 nitrogen and oxygen atoms in total. The lowest BCUT2D eigenvalue weighted by molar-refractivity contribution is 0.113. The highest BCUT2D eigenvalue weighted by Crippen LogP contribution is 2.12. The Balaban J connectivity index is 2.65. The molecule has 0 saturated carbocycles. The first-order valence-corrected chi connectivity index (χ1v) is 8.12. The molecule has 0 aliphatic rings. The molecule has 26 heavy (non-hydrogen) atoms. The lowest BCUT2D eigenvalue weighted by Crippen LogP contribution is -2.21. The largest absolute Gasteiger partial charge is 0.448 e. The Kier molecular flexibility index (Phi) is 9.29. The molecule has 0 spiro atoms. The molecule has 0 aromatic heterocycles. The molecule has 142 valence electrons. The summed E-state index contributed by atoms with van der Waals surface area (Å²) in [6.45, 7) is 4.51. The fourth-order valence-corrected chi connectivity index (χ4v) is 1.78. The van der Waals surface area contributed by atoms with Gasteiger partial charge in [0.1, 0.15) is 0 Å². The number of amides is 2. The average Bonchev–Trinajstić information content (AvgIpc) is 2.63. The molecule has 0 aliphatic carbocycles. The molecule has 0 atom stereocenters. The maximum absolute atomic E-state index is 11.4. The first-order valence-electron chi connectivity index (χ1n) is 8.12. The molecule has 1 rings (SSSR count). The van der Waals surface area contributed by atoms with E-state index < -0.39 is 12.2 Å². The van der Waals surface area contributed by atoms with Crippen molar-refractivity contribution in [3.05, 3.63) is 35.4 Å². The maximum atomic E-state index is 11.4. The normalized spacial score (nSPS) is 10.9. The number of benzene rings is 1. The quantitative estimate of drug-likeness (QED) is 0.518. The molecule has 2 amide bonds. The van der Waals surface area contributed by atoms with Gasteiger partial charge in [0.25, 0.3) is 0 Å². The monoisotopic (exact) mass is 364 g/mol. The highest BCUT2D eigenvalue weighted by molar-refractivity contribution is 5.66. The summed E-state index contributed by atoms with van der Waals surface area (Å²) in [4.78, 5) is 22.9. The van der Waals surface area contributed by atoms with Gasteiger partial charge in [0.05, 0.1) is 26.3 Å². The summed E-state index contributed by atoms with van der Waals surface area (Å²) in [6, 6.07) is 7.49. The minimum atomic E-state index is -0.569. The Morgan fingerprint density at radius 2 is 1.23 bits per heavy atom. The van der Waals surface area contributed by atoms with Crippen molar-refractivity contribution in [2.45, 2.75) is 26.9 Å². The van der Waals surface area contributed by atoms with E-state index in [0.29, 0.717) is 0 Å². The van der Waals surface area contributed by atoms with Gasteiger partial charge in [-0.05, 0) is 25.0 Å². The van der Waals surface area contributed by atoms with Gasteiger partial charge in [0.2, 0.25) is 0 Å². The van der Waals surface area contributed by atoms with Crippen LogP contribution in [0.1, 0.15) is 25.0 Å². The van der Waals surface area contributed by atoms with Crippen molar-refractivity contribution in [2.75, 3.05) is 27.3 Å². The third-order valence-electron chi connectivity index (χ3n) is 3.06. The van der Waals surface area contributed by atoms with E-state index in [9.17, 15) is 9.59 Å². The summed E-state index contributed by atoms with van der Waals surface area (Å²) in [5, 5.41) is 17.6. The fourth-order valence-electron chi connectivity index (χ4n) is 1.78. The molecule has 0 heterocycles. The summed E-state index contributed by atoms with van der Waals surface area (Å²) in [5.74, 6) is 0. The van der Waals surface area contributed by atoms with Gasteiger partial charge in [-0.3, -0.25) is 0 Å². The van der Waals surface area contributed by atoms with Crippen LogP contribution in [0.3, 0.4) is 0 Å². The second-order valence-corrected chi connectivity index (χ2v) is 4.99. The summed E-state index contributed by atoms with van der Waals surface area (Å²) in [6.07, 6.45) is -1.14. The van der Waals surface area contributed by atoms with E-state index in [4.69, 9.17) is 9.47 Å². The van der Waals surface area contributed by atoms with Crippen LogP contribution in [0.4, 0.5) is 9.59 Å². The topological polar surface area (TPSA) is 109 Å². The van der Waals surface area contributed by atoms with Crippen molar-refractivity contribution in [2.24, 2.45) is 20.7 Å². The third kappa shape index (κ3) is 7.24. The maximum Gasteiger partial charge on any atom is 0.431 e. The predicted molar refractivity (Wildman–Crippen MR) is 93.1 cm³/mol. The van der Waals surface area contributed by atoms with Crippen molar-refractivity contribution in [3.63, 3.8) is 0 Å². The van der Waals surface area contributed by atoms with Crippen LogP contribution in [-0.4, -0.2) is 49.5 Å². The Hall–Kier alpha value is -3.04. The minimum absolute atomic E-state index is 0.267. The zero-order chi connectivity index (χ0) is 19.4. The number of carbonyl (C=O) groups is 2. The lowest BCUT2D eigenvalue weighted by Gasteiger charge is -2.09. The van der Waals surface area contributed by atoms with Gasteiger partial charge in [-0.1, -0.05) is 34.7 Å². The van der Waals surface area contributed by atoms with E-state index in [2.05, 4.69) is 20.7 Å². The van der Waals surface area contributed by atoms with Crippen molar-refractivity contribution in [1.82, 2.24) is 10.0 Å². The molecular weight excluding hydrogens is 340 g/mol. The van der Waals surface area contributed by atoms with Gasteiger partial charge in [0, 0.05) is 14.1 Å². The molecule has 0 radical (unpaired) electrons. The van der Waals surface area contributed by atoms with Gasteiger partial charge in [0.15, 0.2) is 0 Å². The van der Waals surface area contributed by atoms with E-state index in [-0.39, 0.29) is 26.3 Å². The van der Waals surface area contributed by atoms with Crippen LogP contribution in [-0.2, 0) is 22.6 Å². The number of hydrogen-bond donors (Lipinski definition) is 0. The second-order valence-electron chi connectivity index (χ2n) is 4.99. The van der Waals surface area contributed by atoms with Crippen LogP contribution in [0.2, 0.25) is 0 Å². The Morgan fingerprint density at radius 3 is 1.58 bits per heavy atom. The molecule has 1 aromatic carbocycles. The summed E-state index contributed by atoms with van der Waals surface area (Å²) < 4.78 is 9.61. The van der Waals surface area contributed by atoms with E-state index in [1.54, 1.807) is 13.8 Å². The van der Waals surface area contributed by atoms with Crippen LogP contribution in [0.15, 0.2) is 44.9 Å². The van der Waals surface area contributed by atoms with Crippen molar-refractivity contribution in [3.8, 4) is 0 Å². The van der Waals surface area contributed by atoms with E-state index in [0.717, 1.165) is 21.1 Å². The van der Waals surface area contributed by atoms with Crippen LogP contribution in [0.5, 0.6) is 0 Å². The van der Waals surface area contributed by atoms with Gasteiger partial charge in [-0.2, -0.15) is 20.2 Å². The zero-order valence-corrected chi connectivity index (χ0v) is 15.5. The molecular formula is C16H24N6O4. The van der Waals surface area contributed by atoms with Crippen LogP contribution in [0, 0.1) is 0 Å². The van der Waals surface area contributed by atoms with E-state index in [1.165, 1.54) is 14.1 Å². The van der Waals surface area contributed by atoms with E-state index in [1.807, 2.05) is 24.3 Å². The second kappa shape index (κ2) is 11.5. The lowest BCUT2D eigenvalue weighted by atomic mass is 10.1. The van der Waals surface area contributed by atoms with Gasteiger partial charge < -0.3 is 9.47 Å². The highest BCUT2D eigenvalue weighted by Gasteiger charge is 2.08. The molecule has 0 saturated heterocycles. The summed E-state index contributed by atoms with van der Waals surface area (Å²) in [7, 11) is 2.93. The van der Waals surface area contributed by atoms with Crippen molar-refractivity contribution in [1.29, 1.82) is 0 Å². The smallest absolute Gasteiger partial charge is 0.431 e. The van der Waals surface area contributed by atoms with Crippen LogP contribution >= 0.6 is 0 Å². The fraction of sp³-hybridized carbons (Fsp3) is 0.500. The molecule has 0 unspecified atom stereocenters. The Morgan fingerprint density at radius 1 is 0.846 bits per heavy atom. The molecule has 0 bridgehead atoms. The molecule has 10 heteroatoms. The SMILES string of the molecule is CCOC(=O)N(C)N=NCc1ccccc1CN=NN(C)C(=O)OCC. The van der Waals surface area contributed by atoms with Crippen molar-refractivity contribution < 1.29 is 19.1 Å². The van der Waals surface area contributed by atoms with Gasteiger partial charge >= 0.3 is 12.2 Å². The first kappa shape index (κ1) is 21.0. The van der Waals surface area contributed by atoms with Gasteiger partial charge in [-0.25, -0.2) is 9.59 Å². The van der Waals surface area contributed by atoms with Gasteiger partial charge in [-0.15, -0.1) is 0 Å². The summed E-state index contributed by atoms with van der Waals surface area (Å²) >= 11 is 0. The molecule has 0 aliphatic heterocycles. The standard InChI is InChI=1S/C16H24N6O4/c1-5-25-15(23)21(3)19-17-11-13-9-7-8-10-14(13)12-18-20-22(4)16(24)26-6-2/h7-10H,5-6,11-12H2,1-4H3. The third-order valence-corrected chi connectivity index (χ3v) is 3.06. The predicted octanol–water partition coefficient (Wildman–Crippen LogP) is 3.60. The highest BCUT2D eigenvalue weighted by atomic mass is 16.6. The van der Waals surface area contributed by atoms with Crippen LogP contribution < -0.4 is 0 Å². The zero-order valence-electron chi connectivity index (χ0n) is 15.5. The number of carbonyl (C=O) groups excluding carboxylic acids is 2. The van der Waals surface area contributed by atoms with E-state index >= 15 is 0 Å². The Labute approximate surface area is 152 Å². The first-order chi connectivity index (χ1) is 12.5. The molecule has 0 N–H and O–H groups in total. The summed E-state index contributed by atoms with van der Waals surface area (Å²) in [5.41, 5.74) is 1.76. The molecule has 0 fully saturated rings. The Bertz CT molecular complexity index is 594. The minimum Gasteiger partial charge on any atom is -0.448 e. The number of ether oxygens (including phenoxy) is 2. The number of rotatable bonds is 8. The van der Waals surface area contributed by atoms with Crippen LogP contribution in [0.25, 0.3) is 0 Å². The molecule has 1 aromatic rings. The average molecular weight is 364 g/mol. The number of hydrogen-bond acceptors (Lipinski definition) is 8.